The minimum absolute atomic E-state index is 0.0395. The van der Waals surface area contributed by atoms with E-state index < -0.39 is 30.1 Å². The Balaban J connectivity index is 1.20. The second-order valence-electron chi connectivity index (χ2n) is 14.8. The highest BCUT2D eigenvalue weighted by Crippen LogP contribution is 2.30. The third kappa shape index (κ3) is 12.0. The van der Waals surface area contributed by atoms with Crippen LogP contribution in [0.25, 0.3) is 22.2 Å². The lowest BCUT2D eigenvalue weighted by molar-refractivity contribution is -0.720. The number of hydrogen-bond acceptors (Lipinski definition) is 13. The number of esters is 1. The van der Waals surface area contributed by atoms with Gasteiger partial charge in [0.15, 0.2) is 11.9 Å². The molecule has 2 unspecified atom stereocenters. The third-order valence-electron chi connectivity index (χ3n) is 9.59. The van der Waals surface area contributed by atoms with Crippen molar-refractivity contribution in [2.45, 2.75) is 78.4 Å². The number of hydrazone groups is 2. The summed E-state index contributed by atoms with van der Waals surface area (Å²) in [6, 6.07) is 30.3. The summed E-state index contributed by atoms with van der Waals surface area (Å²) in [4.78, 5) is 37.0. The number of carbonyl (C=O) groups excluding carboxylic acids is 2. The molecular weight excluding hydrogens is 783 g/mol. The van der Waals surface area contributed by atoms with Crippen LogP contribution in [0.4, 0.5) is 4.79 Å². The molecule has 0 spiro atoms. The number of amidine groups is 1. The van der Waals surface area contributed by atoms with Gasteiger partial charge in [0.1, 0.15) is 0 Å². The summed E-state index contributed by atoms with van der Waals surface area (Å²) in [5.41, 5.74) is 7.78. The van der Waals surface area contributed by atoms with Crippen LogP contribution < -0.4 is 16.0 Å². The summed E-state index contributed by atoms with van der Waals surface area (Å²) in [6.07, 6.45) is -1.21. The summed E-state index contributed by atoms with van der Waals surface area (Å²) in [5, 5.41) is 25.2. The van der Waals surface area contributed by atoms with Crippen LogP contribution in [0.5, 0.6) is 6.01 Å². The highest BCUT2D eigenvalue weighted by molar-refractivity contribution is 6.04. The first kappa shape index (κ1) is 44.9. The third-order valence-corrected chi connectivity index (χ3v) is 9.59. The molecule has 1 aromatic heterocycles. The molecule has 0 aliphatic rings. The number of rotatable bonds is 19. The van der Waals surface area contributed by atoms with E-state index in [-0.39, 0.29) is 12.2 Å². The van der Waals surface area contributed by atoms with Crippen molar-refractivity contribution in [1.82, 2.24) is 20.0 Å². The zero-order valence-corrected chi connectivity index (χ0v) is 35.3. The molecular formula is C44H53N9O8. The Labute approximate surface area is 354 Å². The van der Waals surface area contributed by atoms with E-state index >= 15 is 0 Å². The normalized spacial score (nSPS) is 12.9. The second kappa shape index (κ2) is 21.2. The van der Waals surface area contributed by atoms with Crippen LogP contribution in [0.15, 0.2) is 113 Å². The molecule has 0 bridgehead atoms. The van der Waals surface area contributed by atoms with Crippen molar-refractivity contribution in [1.29, 1.82) is 0 Å². The lowest BCUT2D eigenvalue weighted by atomic mass is 9.98. The zero-order valence-electron chi connectivity index (χ0n) is 35.3. The van der Waals surface area contributed by atoms with Gasteiger partial charge < -0.3 is 34.8 Å². The van der Waals surface area contributed by atoms with Gasteiger partial charge in [0, 0.05) is 19.2 Å². The van der Waals surface area contributed by atoms with E-state index in [4.69, 9.17) is 29.6 Å². The fourth-order valence-electron chi connectivity index (χ4n) is 6.21. The second-order valence-corrected chi connectivity index (χ2v) is 14.8. The van der Waals surface area contributed by atoms with Crippen LogP contribution in [-0.4, -0.2) is 76.3 Å². The average molecular weight is 836 g/mol. The van der Waals surface area contributed by atoms with Gasteiger partial charge in [-0.05, 0) is 81.3 Å². The quantitative estimate of drug-likeness (QED) is 0.00933. The SMILES string of the molecule is C=NN/C(=N\N)c1ccccc1-c1ccc(Cn2c(OCC)nc3cccc(C(=O)OC(C)OC(=O)OCCCCC(O/N=[N+](\[O-])N(C)C(C)(C)C)c4ccccc4)c32)cc1. The fraction of sp³-hybridized carbons (Fsp3) is 0.341. The van der Waals surface area contributed by atoms with Crippen LogP contribution in [0.2, 0.25) is 0 Å². The molecule has 0 saturated heterocycles. The van der Waals surface area contributed by atoms with Gasteiger partial charge in [-0.1, -0.05) is 84.9 Å². The molecule has 322 valence electrons. The van der Waals surface area contributed by atoms with E-state index in [9.17, 15) is 14.8 Å². The van der Waals surface area contributed by atoms with Gasteiger partial charge in [-0.3, -0.25) is 9.99 Å². The van der Waals surface area contributed by atoms with Crippen molar-refractivity contribution >= 4 is 35.7 Å². The number of para-hydroxylation sites is 1. The fourth-order valence-corrected chi connectivity index (χ4v) is 6.21. The van der Waals surface area contributed by atoms with Crippen molar-refractivity contribution in [2.75, 3.05) is 20.3 Å². The molecule has 1 heterocycles. The van der Waals surface area contributed by atoms with Gasteiger partial charge in [0.2, 0.25) is 11.6 Å². The first-order valence-corrected chi connectivity index (χ1v) is 19.8. The van der Waals surface area contributed by atoms with Crippen LogP contribution >= 0.6 is 0 Å². The molecule has 0 saturated carbocycles. The number of nitrogens with two attached hydrogens (primary N) is 1. The van der Waals surface area contributed by atoms with Crippen molar-refractivity contribution in [3.63, 3.8) is 0 Å². The number of aromatic nitrogens is 2. The molecule has 61 heavy (non-hydrogen) atoms. The number of unbranched alkanes of at least 4 members (excludes halogenated alkanes) is 1. The Bertz CT molecular complexity index is 2310. The maximum atomic E-state index is 13.6. The highest BCUT2D eigenvalue weighted by Gasteiger charge is 2.26. The molecule has 4 aromatic carbocycles. The number of nitrogens with zero attached hydrogens (tertiary/aromatic N) is 7. The molecule has 17 heteroatoms. The number of benzene rings is 4. The summed E-state index contributed by atoms with van der Waals surface area (Å²) >= 11 is 0. The van der Waals surface area contributed by atoms with Gasteiger partial charge in [0.25, 0.3) is 6.01 Å². The molecule has 0 radical (unpaired) electrons. The van der Waals surface area contributed by atoms with Crippen LogP contribution in [0, 0.1) is 5.21 Å². The molecule has 17 nitrogen and oxygen atoms in total. The lowest BCUT2D eigenvalue weighted by Gasteiger charge is -2.26. The summed E-state index contributed by atoms with van der Waals surface area (Å²) in [7, 11) is 1.63. The number of nitrogens with one attached hydrogen (secondary N) is 1. The number of hydrogen-bond donors (Lipinski definition) is 2. The van der Waals surface area contributed by atoms with Crippen LogP contribution in [0.3, 0.4) is 0 Å². The largest absolute Gasteiger partial charge is 0.569 e. The maximum absolute atomic E-state index is 13.6. The predicted molar refractivity (Wildman–Crippen MR) is 230 cm³/mol. The number of carbonyl (C=O) groups is 2. The minimum atomic E-state index is -1.27. The zero-order chi connectivity index (χ0) is 43.9. The summed E-state index contributed by atoms with van der Waals surface area (Å²) < 4.78 is 23.8. The van der Waals surface area contributed by atoms with Crippen molar-refractivity contribution in [3.05, 3.63) is 125 Å². The topological polar surface area (TPSA) is 203 Å². The first-order valence-electron chi connectivity index (χ1n) is 19.8. The van der Waals surface area contributed by atoms with E-state index in [1.54, 1.807) is 29.8 Å². The Morgan fingerprint density at radius 2 is 1.67 bits per heavy atom. The van der Waals surface area contributed by atoms with Crippen LogP contribution in [-0.2, 0) is 25.6 Å². The smallest absolute Gasteiger partial charge is 0.511 e. The standard InChI is InChI=1S/C44H53N9O8/c1-8-57-42-47-37-22-16-21-36(39(37)52(42)29-31-24-26-32(27-25-31)34-19-12-13-20-35(34)40(48-45)49-46-6)41(54)59-30(2)60-43(55)58-28-15-14-23-38(33-17-10-9-11-18-33)61-50-53(56)51(7)44(3,4)5/h9-13,16-22,24-27,30,38H,6,8,14-15,23,28-29,45H2,1-5,7H3,(H,48,49)/b53-50-. The number of hydrazine groups is 1. The Morgan fingerprint density at radius 1 is 0.967 bits per heavy atom. The van der Waals surface area contributed by atoms with Gasteiger partial charge in [-0.15, -0.1) is 5.01 Å². The lowest BCUT2D eigenvalue weighted by Crippen LogP contribution is -2.42. The van der Waals surface area contributed by atoms with Gasteiger partial charge >= 0.3 is 12.1 Å². The molecule has 0 amide bonds. The van der Waals surface area contributed by atoms with Gasteiger partial charge in [0.05, 0.1) is 53.9 Å². The molecule has 0 aliphatic heterocycles. The van der Waals surface area contributed by atoms with E-state index in [0.717, 1.165) is 27.8 Å². The number of ether oxygens (including phenoxy) is 4. The molecule has 3 N–H and O–H groups in total. The molecule has 5 rings (SSSR count). The minimum Gasteiger partial charge on any atom is -0.569 e. The molecule has 5 aromatic rings. The van der Waals surface area contributed by atoms with Crippen molar-refractivity contribution in [3.8, 4) is 17.1 Å². The Hall–Kier alpha value is -7.17. The first-order chi connectivity index (χ1) is 29.3. The Kier molecular flexibility index (Phi) is 15.6. The monoisotopic (exact) mass is 835 g/mol. The molecule has 0 aliphatic carbocycles. The van der Waals surface area contributed by atoms with Gasteiger partial charge in [-0.2, -0.15) is 15.2 Å². The van der Waals surface area contributed by atoms with E-state index in [0.29, 0.717) is 60.3 Å². The van der Waals surface area contributed by atoms with Gasteiger partial charge in [-0.25, -0.2) is 9.59 Å². The van der Waals surface area contributed by atoms with E-state index in [2.05, 4.69) is 32.6 Å². The number of imidazole rings is 1. The van der Waals surface area contributed by atoms with Crippen molar-refractivity contribution in [2.24, 2.45) is 21.3 Å². The maximum Gasteiger partial charge on any atom is 0.511 e. The van der Waals surface area contributed by atoms with Crippen LogP contribution in [0.1, 0.15) is 87.0 Å². The summed E-state index contributed by atoms with van der Waals surface area (Å²) in [5.74, 6) is 5.26. The molecule has 2 atom stereocenters. The highest BCUT2D eigenvalue weighted by atomic mass is 16.8. The van der Waals surface area contributed by atoms with E-state index in [1.165, 1.54) is 11.9 Å². The Morgan fingerprint density at radius 3 is 2.36 bits per heavy atom. The van der Waals surface area contributed by atoms with Crippen molar-refractivity contribution < 1.29 is 38.3 Å². The predicted octanol–water partition coefficient (Wildman–Crippen LogP) is 8.08. The van der Waals surface area contributed by atoms with E-state index in [1.807, 2.05) is 107 Å². The molecule has 0 fully saturated rings. The average Bonchev–Trinajstić information content (AvgIpc) is 3.60. The summed E-state index contributed by atoms with van der Waals surface area (Å²) in [6.45, 7) is 13.1. The number of fused-ring (bicyclic) bond motifs is 1.